The van der Waals surface area contributed by atoms with Crippen LogP contribution < -0.4 is 5.48 Å². The second-order valence-corrected chi connectivity index (χ2v) is 3.54. The summed E-state index contributed by atoms with van der Waals surface area (Å²) in [5.74, 6) is -0.931. The summed E-state index contributed by atoms with van der Waals surface area (Å²) < 4.78 is 18.7. The Kier molecular flexibility index (Phi) is 3.10. The van der Waals surface area contributed by atoms with Crippen LogP contribution in [0.3, 0.4) is 0 Å². The molecule has 0 spiro atoms. The number of carbonyl (C=O) groups excluding carboxylic acids is 1. The Morgan fingerprint density at radius 3 is 2.94 bits per heavy atom. The van der Waals surface area contributed by atoms with Crippen molar-refractivity contribution >= 4 is 16.9 Å². The fraction of sp³-hybridized carbons (Fsp3) is 0.250. The van der Waals surface area contributed by atoms with Crippen molar-refractivity contribution in [3.8, 4) is 0 Å². The van der Waals surface area contributed by atoms with Gasteiger partial charge in [-0.1, -0.05) is 12.1 Å². The van der Waals surface area contributed by atoms with E-state index in [1.165, 1.54) is 6.07 Å². The maximum absolute atomic E-state index is 13.4. The number of fused-ring (bicyclic) bond motifs is 1. The Morgan fingerprint density at radius 2 is 2.29 bits per heavy atom. The average Bonchev–Trinajstić information content (AvgIpc) is 2.66. The second kappa shape index (κ2) is 4.55. The topological polar surface area (TPSA) is 51.5 Å². The normalized spacial score (nSPS) is 10.8. The molecule has 2 rings (SSSR count). The van der Waals surface area contributed by atoms with E-state index in [4.69, 9.17) is 9.25 Å². The number of benzene rings is 1. The van der Waals surface area contributed by atoms with Gasteiger partial charge in [-0.2, -0.15) is 0 Å². The molecule has 5 heteroatoms. The Bertz CT molecular complexity index is 562. The van der Waals surface area contributed by atoms with Gasteiger partial charge in [0.15, 0.2) is 17.2 Å². The number of hydroxylamine groups is 1. The Labute approximate surface area is 97.3 Å². The summed E-state index contributed by atoms with van der Waals surface area (Å²) in [5, 5.41) is 0.589. The largest absolute Gasteiger partial charge is 0.447 e. The number of hydrogen-bond donors (Lipinski definition) is 1. The van der Waals surface area contributed by atoms with E-state index in [1.807, 2.05) is 0 Å². The lowest BCUT2D eigenvalue weighted by Crippen LogP contribution is -2.23. The molecule has 0 aliphatic rings. The number of rotatable bonds is 3. The van der Waals surface area contributed by atoms with Crippen LogP contribution in [0.25, 0.3) is 11.0 Å². The lowest BCUT2D eigenvalue weighted by atomic mass is 10.1. The molecule has 0 unspecified atom stereocenters. The van der Waals surface area contributed by atoms with E-state index in [9.17, 15) is 9.18 Å². The first-order valence-corrected chi connectivity index (χ1v) is 5.25. The van der Waals surface area contributed by atoms with E-state index in [0.717, 1.165) is 0 Å². The molecule has 0 saturated carbocycles. The van der Waals surface area contributed by atoms with Crippen LogP contribution in [0, 0.1) is 12.7 Å². The molecule has 0 fully saturated rings. The summed E-state index contributed by atoms with van der Waals surface area (Å²) in [4.78, 5) is 16.4. The number of carbonyl (C=O) groups is 1. The fourth-order valence-electron chi connectivity index (χ4n) is 1.61. The Balaban J connectivity index is 2.45. The monoisotopic (exact) mass is 237 g/mol. The second-order valence-electron chi connectivity index (χ2n) is 3.54. The SMILES string of the molecule is CCONC(=O)c1oc2c(F)cccc2c1C. The van der Waals surface area contributed by atoms with Crippen LogP contribution in [0.2, 0.25) is 0 Å². The molecule has 4 nitrogen and oxygen atoms in total. The molecular weight excluding hydrogens is 225 g/mol. The molecule has 1 aromatic heterocycles. The molecule has 0 bridgehead atoms. The highest BCUT2D eigenvalue weighted by Crippen LogP contribution is 2.27. The molecule has 1 heterocycles. The molecule has 0 aliphatic carbocycles. The van der Waals surface area contributed by atoms with Gasteiger partial charge in [0, 0.05) is 10.9 Å². The van der Waals surface area contributed by atoms with Crippen molar-refractivity contribution in [2.45, 2.75) is 13.8 Å². The minimum Gasteiger partial charge on any atom is -0.447 e. The molecule has 0 radical (unpaired) electrons. The van der Waals surface area contributed by atoms with Crippen LogP contribution in [-0.4, -0.2) is 12.5 Å². The first-order valence-electron chi connectivity index (χ1n) is 5.25. The number of nitrogens with one attached hydrogen (secondary N) is 1. The van der Waals surface area contributed by atoms with Gasteiger partial charge in [0.05, 0.1) is 6.61 Å². The number of furan rings is 1. The Hall–Kier alpha value is -1.88. The summed E-state index contributed by atoms with van der Waals surface area (Å²) in [7, 11) is 0. The molecule has 0 atom stereocenters. The van der Waals surface area contributed by atoms with Crippen LogP contribution in [0.4, 0.5) is 4.39 Å². The number of amides is 1. The quantitative estimate of drug-likeness (QED) is 0.834. The van der Waals surface area contributed by atoms with Gasteiger partial charge in [0.25, 0.3) is 0 Å². The van der Waals surface area contributed by atoms with Crippen molar-refractivity contribution in [1.29, 1.82) is 0 Å². The molecule has 1 N–H and O–H groups in total. The third-order valence-corrected chi connectivity index (χ3v) is 2.43. The lowest BCUT2D eigenvalue weighted by Gasteiger charge is -2.00. The smallest absolute Gasteiger partial charge is 0.310 e. The van der Waals surface area contributed by atoms with Crippen molar-refractivity contribution in [3.05, 3.63) is 35.3 Å². The minimum atomic E-state index is -0.514. The van der Waals surface area contributed by atoms with Crippen LogP contribution in [0.15, 0.2) is 22.6 Å². The molecule has 1 amide bonds. The van der Waals surface area contributed by atoms with Crippen LogP contribution in [-0.2, 0) is 4.84 Å². The van der Waals surface area contributed by atoms with Gasteiger partial charge in [-0.3, -0.25) is 9.63 Å². The van der Waals surface area contributed by atoms with Crippen molar-refractivity contribution in [3.63, 3.8) is 0 Å². The van der Waals surface area contributed by atoms with Gasteiger partial charge in [0.1, 0.15) is 0 Å². The van der Waals surface area contributed by atoms with Crippen LogP contribution in [0.1, 0.15) is 23.0 Å². The molecule has 90 valence electrons. The predicted octanol–water partition coefficient (Wildman–Crippen LogP) is 2.56. The first-order chi connectivity index (χ1) is 8.15. The highest BCUT2D eigenvalue weighted by Gasteiger charge is 2.19. The summed E-state index contributed by atoms with van der Waals surface area (Å²) in [6.07, 6.45) is 0. The summed E-state index contributed by atoms with van der Waals surface area (Å²) in [6, 6.07) is 4.56. The number of halogens is 1. The van der Waals surface area contributed by atoms with Gasteiger partial charge in [-0.25, -0.2) is 9.87 Å². The summed E-state index contributed by atoms with van der Waals surface area (Å²) in [6.45, 7) is 3.79. The molecule has 0 saturated heterocycles. The molecule has 17 heavy (non-hydrogen) atoms. The standard InChI is InChI=1S/C12H12FNO3/c1-3-16-14-12(15)10-7(2)8-5-4-6-9(13)11(8)17-10/h4-6H,3H2,1-2H3,(H,14,15). The van der Waals surface area contributed by atoms with E-state index < -0.39 is 11.7 Å². The third-order valence-electron chi connectivity index (χ3n) is 2.43. The van der Waals surface area contributed by atoms with E-state index in [2.05, 4.69) is 5.48 Å². The highest BCUT2D eigenvalue weighted by molar-refractivity contribution is 5.98. The van der Waals surface area contributed by atoms with Crippen molar-refractivity contribution < 1.29 is 18.4 Å². The molecular formula is C12H12FNO3. The predicted molar refractivity (Wildman–Crippen MR) is 60.0 cm³/mol. The third kappa shape index (κ3) is 2.01. The first kappa shape index (κ1) is 11.6. The number of para-hydroxylation sites is 1. The average molecular weight is 237 g/mol. The fourth-order valence-corrected chi connectivity index (χ4v) is 1.61. The maximum atomic E-state index is 13.4. The zero-order valence-electron chi connectivity index (χ0n) is 9.54. The maximum Gasteiger partial charge on any atom is 0.310 e. The van der Waals surface area contributed by atoms with E-state index in [1.54, 1.807) is 26.0 Å². The van der Waals surface area contributed by atoms with Crippen LogP contribution >= 0.6 is 0 Å². The summed E-state index contributed by atoms with van der Waals surface area (Å²) in [5.41, 5.74) is 2.90. The summed E-state index contributed by atoms with van der Waals surface area (Å²) >= 11 is 0. The van der Waals surface area contributed by atoms with E-state index in [0.29, 0.717) is 17.6 Å². The van der Waals surface area contributed by atoms with Gasteiger partial charge in [-0.15, -0.1) is 0 Å². The minimum absolute atomic E-state index is 0.0681. The number of aryl methyl sites for hydroxylation is 1. The van der Waals surface area contributed by atoms with Crippen LogP contribution in [0.5, 0.6) is 0 Å². The molecule has 2 aromatic rings. The Morgan fingerprint density at radius 1 is 1.53 bits per heavy atom. The van der Waals surface area contributed by atoms with Crippen molar-refractivity contribution in [2.75, 3.05) is 6.61 Å². The van der Waals surface area contributed by atoms with Gasteiger partial charge in [0.2, 0.25) is 0 Å². The van der Waals surface area contributed by atoms with E-state index in [-0.39, 0.29) is 11.3 Å². The van der Waals surface area contributed by atoms with Gasteiger partial charge >= 0.3 is 5.91 Å². The lowest BCUT2D eigenvalue weighted by molar-refractivity contribution is 0.0341. The van der Waals surface area contributed by atoms with Gasteiger partial charge in [-0.05, 0) is 19.9 Å². The highest BCUT2D eigenvalue weighted by atomic mass is 19.1. The zero-order valence-corrected chi connectivity index (χ0v) is 9.54. The van der Waals surface area contributed by atoms with Gasteiger partial charge < -0.3 is 4.42 Å². The van der Waals surface area contributed by atoms with Crippen molar-refractivity contribution in [1.82, 2.24) is 5.48 Å². The number of hydrogen-bond acceptors (Lipinski definition) is 3. The zero-order chi connectivity index (χ0) is 12.4. The van der Waals surface area contributed by atoms with Crippen molar-refractivity contribution in [2.24, 2.45) is 0 Å². The molecule has 1 aromatic carbocycles. The van der Waals surface area contributed by atoms with E-state index >= 15 is 0 Å². The molecule has 0 aliphatic heterocycles.